The third-order valence-corrected chi connectivity index (χ3v) is 4.23. The molecule has 1 N–H and O–H groups in total. The molecule has 0 saturated heterocycles. The number of benzene rings is 1. The molecule has 2 aromatic rings. The Morgan fingerprint density at radius 1 is 1.38 bits per heavy atom. The highest BCUT2D eigenvalue weighted by Crippen LogP contribution is 2.32. The van der Waals surface area contributed by atoms with Crippen LogP contribution in [0.4, 0.5) is 0 Å². The normalized spacial score (nSPS) is 13.3. The molecule has 1 aliphatic rings. The van der Waals surface area contributed by atoms with E-state index in [-0.39, 0.29) is 12.5 Å². The zero-order valence-electron chi connectivity index (χ0n) is 14.3. The Balaban J connectivity index is 2.00. The number of nitriles is 1. The summed E-state index contributed by atoms with van der Waals surface area (Å²) >= 11 is 0. The van der Waals surface area contributed by atoms with Gasteiger partial charge in [0.25, 0.3) is 5.91 Å². The van der Waals surface area contributed by atoms with E-state index < -0.39 is 0 Å². The molecule has 0 spiro atoms. The molecule has 130 valence electrons. The lowest BCUT2D eigenvalue weighted by Crippen LogP contribution is -2.25. The molecule has 26 heavy (non-hydrogen) atoms. The zero-order chi connectivity index (χ0) is 18.7. The zero-order valence-corrected chi connectivity index (χ0v) is 14.3. The first-order chi connectivity index (χ1) is 12.5. The standard InChI is InChI=1S/C19H17N5O2/c1-13(8-20)9-24-11-17-15(4-3-5-16(17)19(24)26)14-6-7-18(22-21-12-25)23(2)10-14/h3-7,10,12H,1,9,11H2,2H3,(H,21,25)/b22-18-. The lowest BCUT2D eigenvalue weighted by molar-refractivity contribution is -0.109. The van der Waals surface area contributed by atoms with Crippen molar-refractivity contribution in [2.75, 3.05) is 6.54 Å². The van der Waals surface area contributed by atoms with Gasteiger partial charge in [-0.2, -0.15) is 10.4 Å². The molecule has 0 bridgehead atoms. The number of amides is 2. The SMILES string of the molecule is C=C(C#N)CN1Cc2c(cccc2-c2cc/c(=N/NC=O)n(C)c2)C1=O. The molecule has 2 heterocycles. The molecule has 2 amide bonds. The summed E-state index contributed by atoms with van der Waals surface area (Å²) in [6.45, 7) is 4.33. The van der Waals surface area contributed by atoms with Crippen molar-refractivity contribution < 1.29 is 9.59 Å². The molecule has 0 fully saturated rings. The predicted octanol–water partition coefficient (Wildman–Crippen LogP) is 1.29. The number of hydrogen-bond donors (Lipinski definition) is 1. The van der Waals surface area contributed by atoms with Gasteiger partial charge in [-0.25, -0.2) is 5.43 Å². The second-order valence-corrected chi connectivity index (χ2v) is 5.95. The van der Waals surface area contributed by atoms with Crippen LogP contribution in [0, 0.1) is 11.3 Å². The second kappa shape index (κ2) is 7.07. The van der Waals surface area contributed by atoms with Gasteiger partial charge in [-0.05, 0) is 34.9 Å². The summed E-state index contributed by atoms with van der Waals surface area (Å²) < 4.78 is 1.79. The van der Waals surface area contributed by atoms with E-state index in [0.29, 0.717) is 29.6 Å². The summed E-state index contributed by atoms with van der Waals surface area (Å²) in [5.74, 6) is -0.0931. The van der Waals surface area contributed by atoms with Gasteiger partial charge >= 0.3 is 0 Å². The number of nitrogens with one attached hydrogen (secondary N) is 1. The van der Waals surface area contributed by atoms with Crippen LogP contribution in [0.15, 0.2) is 53.8 Å². The summed E-state index contributed by atoms with van der Waals surface area (Å²) in [6.07, 6.45) is 2.40. The van der Waals surface area contributed by atoms with Crippen molar-refractivity contribution in [3.05, 3.63) is 65.3 Å². The van der Waals surface area contributed by atoms with Crippen LogP contribution < -0.4 is 10.9 Å². The second-order valence-electron chi connectivity index (χ2n) is 5.95. The highest BCUT2D eigenvalue weighted by atomic mass is 16.2. The van der Waals surface area contributed by atoms with Gasteiger partial charge in [0.05, 0.1) is 12.6 Å². The summed E-state index contributed by atoms with van der Waals surface area (Å²) in [5.41, 5.74) is 6.69. The maximum atomic E-state index is 12.6. The molecule has 0 aliphatic carbocycles. The Morgan fingerprint density at radius 3 is 2.85 bits per heavy atom. The Morgan fingerprint density at radius 2 is 2.15 bits per heavy atom. The smallest absolute Gasteiger partial charge is 0.254 e. The number of nitrogens with zero attached hydrogens (tertiary/aromatic N) is 4. The van der Waals surface area contributed by atoms with Gasteiger partial charge in [-0.15, -0.1) is 0 Å². The fraction of sp³-hybridized carbons (Fsp3) is 0.158. The highest BCUT2D eigenvalue weighted by Gasteiger charge is 2.29. The van der Waals surface area contributed by atoms with E-state index in [2.05, 4.69) is 17.1 Å². The van der Waals surface area contributed by atoms with Crippen molar-refractivity contribution in [1.29, 1.82) is 5.26 Å². The number of hydrogen-bond acceptors (Lipinski definition) is 4. The minimum atomic E-state index is -0.0931. The fourth-order valence-corrected chi connectivity index (χ4v) is 3.02. The first-order valence-corrected chi connectivity index (χ1v) is 7.94. The Bertz CT molecular complexity index is 1010. The summed E-state index contributed by atoms with van der Waals surface area (Å²) in [7, 11) is 1.83. The van der Waals surface area contributed by atoms with Crippen LogP contribution in [0.1, 0.15) is 15.9 Å². The third-order valence-electron chi connectivity index (χ3n) is 4.23. The first-order valence-electron chi connectivity index (χ1n) is 7.94. The summed E-state index contributed by atoms with van der Waals surface area (Å²) in [6, 6.07) is 11.3. The van der Waals surface area contributed by atoms with Crippen LogP contribution >= 0.6 is 0 Å². The predicted molar refractivity (Wildman–Crippen MR) is 95.1 cm³/mol. The molecule has 1 aromatic heterocycles. The minimum absolute atomic E-state index is 0.0931. The molecule has 7 heteroatoms. The quantitative estimate of drug-likeness (QED) is 0.502. The number of carbonyl (C=O) groups is 2. The van der Waals surface area contributed by atoms with Crippen LogP contribution in [0.25, 0.3) is 11.1 Å². The Labute approximate surface area is 150 Å². The number of fused-ring (bicyclic) bond motifs is 1. The number of pyridine rings is 1. The van der Waals surface area contributed by atoms with Gasteiger partial charge in [0.1, 0.15) is 0 Å². The van der Waals surface area contributed by atoms with E-state index in [9.17, 15) is 9.59 Å². The average Bonchev–Trinajstić information content (AvgIpc) is 2.96. The van der Waals surface area contributed by atoms with Crippen molar-refractivity contribution >= 4 is 12.3 Å². The molecular weight excluding hydrogens is 330 g/mol. The molecular formula is C19H17N5O2. The molecule has 1 aromatic carbocycles. The lowest BCUT2D eigenvalue weighted by Gasteiger charge is -2.14. The maximum absolute atomic E-state index is 12.6. The van der Waals surface area contributed by atoms with E-state index in [1.54, 1.807) is 21.6 Å². The van der Waals surface area contributed by atoms with Gasteiger partial charge in [-0.3, -0.25) is 9.59 Å². The van der Waals surface area contributed by atoms with Crippen LogP contribution in [-0.4, -0.2) is 28.3 Å². The van der Waals surface area contributed by atoms with E-state index in [1.807, 2.05) is 37.5 Å². The van der Waals surface area contributed by atoms with E-state index >= 15 is 0 Å². The van der Waals surface area contributed by atoms with Crippen LogP contribution in [0.5, 0.6) is 0 Å². The van der Waals surface area contributed by atoms with Crippen molar-refractivity contribution in [3.63, 3.8) is 0 Å². The topological polar surface area (TPSA) is 90.5 Å². The lowest BCUT2D eigenvalue weighted by atomic mass is 9.98. The first kappa shape index (κ1) is 17.2. The van der Waals surface area contributed by atoms with Gasteiger partial charge in [-0.1, -0.05) is 18.7 Å². The largest absolute Gasteiger partial charge is 0.334 e. The number of aryl methyl sites for hydroxylation is 1. The summed E-state index contributed by atoms with van der Waals surface area (Å²) in [5, 5.41) is 12.9. The molecule has 0 atom stereocenters. The van der Waals surface area contributed by atoms with Gasteiger partial charge in [0, 0.05) is 30.9 Å². The highest BCUT2D eigenvalue weighted by molar-refractivity contribution is 6.00. The van der Waals surface area contributed by atoms with Crippen LogP contribution in [0.2, 0.25) is 0 Å². The molecule has 0 radical (unpaired) electrons. The van der Waals surface area contributed by atoms with Gasteiger partial charge in [0.15, 0.2) is 5.49 Å². The fourth-order valence-electron chi connectivity index (χ4n) is 3.02. The number of rotatable bonds is 5. The average molecular weight is 347 g/mol. The van der Waals surface area contributed by atoms with Crippen LogP contribution in [-0.2, 0) is 18.4 Å². The molecule has 1 aliphatic heterocycles. The summed E-state index contributed by atoms with van der Waals surface area (Å²) in [4.78, 5) is 24.6. The monoisotopic (exact) mass is 347 g/mol. The molecule has 0 unspecified atom stereocenters. The minimum Gasteiger partial charge on any atom is -0.334 e. The Hall–Kier alpha value is -3.66. The van der Waals surface area contributed by atoms with Crippen LogP contribution in [0.3, 0.4) is 0 Å². The molecule has 0 saturated carbocycles. The van der Waals surface area contributed by atoms with Crippen molar-refractivity contribution in [2.24, 2.45) is 12.1 Å². The van der Waals surface area contributed by atoms with Crippen molar-refractivity contribution in [2.45, 2.75) is 6.54 Å². The van der Waals surface area contributed by atoms with Gasteiger partial charge < -0.3 is 9.47 Å². The van der Waals surface area contributed by atoms with Crippen molar-refractivity contribution in [1.82, 2.24) is 14.9 Å². The number of carbonyl (C=O) groups excluding carboxylic acids is 2. The molecule has 3 rings (SSSR count). The van der Waals surface area contributed by atoms with E-state index in [0.717, 1.165) is 16.7 Å². The van der Waals surface area contributed by atoms with Crippen molar-refractivity contribution in [3.8, 4) is 17.2 Å². The molecule has 7 nitrogen and oxygen atoms in total. The third kappa shape index (κ3) is 3.13. The number of aromatic nitrogens is 1. The van der Waals surface area contributed by atoms with E-state index in [1.165, 1.54) is 0 Å². The Kier molecular flexibility index (Phi) is 4.67. The van der Waals surface area contributed by atoms with E-state index in [4.69, 9.17) is 5.26 Å². The van der Waals surface area contributed by atoms with Gasteiger partial charge in [0.2, 0.25) is 6.41 Å². The maximum Gasteiger partial charge on any atom is 0.254 e.